The summed E-state index contributed by atoms with van der Waals surface area (Å²) in [6, 6.07) is 9.37. The lowest BCUT2D eigenvalue weighted by Gasteiger charge is -2.03. The Morgan fingerprint density at radius 1 is 1.35 bits per heavy atom. The molecule has 0 fully saturated rings. The molecule has 0 atom stereocenters. The van der Waals surface area contributed by atoms with E-state index in [9.17, 15) is 4.79 Å². The van der Waals surface area contributed by atoms with Crippen molar-refractivity contribution in [3.63, 3.8) is 0 Å². The highest BCUT2D eigenvalue weighted by molar-refractivity contribution is 6.00. The Morgan fingerprint density at radius 3 is 2.87 bits per heavy atom. The number of aromatic nitrogens is 3. The second-order valence-electron chi connectivity index (χ2n) is 5.29. The Kier molecular flexibility index (Phi) is 3.92. The van der Waals surface area contributed by atoms with Crippen molar-refractivity contribution in [3.8, 4) is 0 Å². The Bertz CT molecular complexity index is 891. The van der Waals surface area contributed by atoms with Gasteiger partial charge in [0.2, 0.25) is 0 Å². The number of para-hydroxylation sites is 1. The monoisotopic (exact) mass is 311 g/mol. The zero-order valence-electron chi connectivity index (χ0n) is 13.2. The number of nitrogens with zero attached hydrogens (tertiary/aromatic N) is 4. The number of fused-ring (bicyclic) bond motifs is 1. The molecule has 3 aromatic rings. The van der Waals surface area contributed by atoms with Crippen LogP contribution in [0.1, 0.15) is 24.0 Å². The van der Waals surface area contributed by atoms with Gasteiger partial charge in [0.25, 0.3) is 5.91 Å². The van der Waals surface area contributed by atoms with Crippen LogP contribution in [-0.4, -0.2) is 26.6 Å². The minimum atomic E-state index is -0.266. The summed E-state index contributed by atoms with van der Waals surface area (Å²) in [5.74, 6) is 1.32. The van der Waals surface area contributed by atoms with E-state index >= 15 is 0 Å². The summed E-state index contributed by atoms with van der Waals surface area (Å²) >= 11 is 0. The molecular weight excluding hydrogens is 294 g/mol. The number of benzene rings is 1. The topological polar surface area (TPSA) is 85.3 Å². The Hall–Kier alpha value is -2.96. The minimum absolute atomic E-state index is 0.0562. The van der Waals surface area contributed by atoms with Crippen LogP contribution < -0.4 is 5.43 Å². The molecule has 2 heterocycles. The first-order valence-electron chi connectivity index (χ1n) is 7.23. The first-order valence-corrected chi connectivity index (χ1v) is 7.23. The van der Waals surface area contributed by atoms with E-state index in [1.165, 1.54) is 0 Å². The van der Waals surface area contributed by atoms with Crippen molar-refractivity contribution < 1.29 is 9.21 Å². The summed E-state index contributed by atoms with van der Waals surface area (Å²) < 4.78 is 7.00. The van der Waals surface area contributed by atoms with E-state index < -0.39 is 0 Å². The Balaban J connectivity index is 1.70. The predicted molar refractivity (Wildman–Crippen MR) is 86.1 cm³/mol. The van der Waals surface area contributed by atoms with Crippen molar-refractivity contribution in [1.82, 2.24) is 20.4 Å². The van der Waals surface area contributed by atoms with Crippen LogP contribution in [0.5, 0.6) is 0 Å². The van der Waals surface area contributed by atoms with Gasteiger partial charge in [-0.3, -0.25) is 4.79 Å². The fourth-order valence-electron chi connectivity index (χ4n) is 2.40. The summed E-state index contributed by atoms with van der Waals surface area (Å²) in [5, 5.41) is 12.1. The molecule has 2 aromatic heterocycles. The number of hydrogen-bond donors (Lipinski definition) is 1. The number of aryl methyl sites for hydroxylation is 2. The third-order valence-corrected chi connectivity index (χ3v) is 3.49. The van der Waals surface area contributed by atoms with E-state index in [4.69, 9.17) is 4.42 Å². The van der Waals surface area contributed by atoms with Crippen molar-refractivity contribution in [2.45, 2.75) is 27.3 Å². The fraction of sp³-hybridized carbons (Fsp3) is 0.250. The summed E-state index contributed by atoms with van der Waals surface area (Å²) in [6.45, 7) is 5.62. The second-order valence-corrected chi connectivity index (χ2v) is 5.29. The number of rotatable bonds is 4. The lowest BCUT2D eigenvalue weighted by atomic mass is 10.2. The smallest absolute Gasteiger partial charge is 0.261 e. The molecule has 0 bridgehead atoms. The van der Waals surface area contributed by atoms with Gasteiger partial charge in [-0.2, -0.15) is 5.10 Å². The van der Waals surface area contributed by atoms with Crippen molar-refractivity contribution in [1.29, 1.82) is 0 Å². The molecule has 1 aromatic carbocycles. The van der Waals surface area contributed by atoms with Gasteiger partial charge in [-0.25, -0.2) is 10.1 Å². The molecule has 0 saturated heterocycles. The van der Waals surface area contributed by atoms with Gasteiger partial charge in [0, 0.05) is 5.56 Å². The first kappa shape index (κ1) is 15.0. The molecule has 1 amide bonds. The second kappa shape index (κ2) is 6.04. The van der Waals surface area contributed by atoms with Crippen molar-refractivity contribution in [2.75, 3.05) is 0 Å². The summed E-state index contributed by atoms with van der Waals surface area (Å²) in [6.07, 6.45) is 0. The number of nitrogens with one attached hydrogen (secondary N) is 1. The summed E-state index contributed by atoms with van der Waals surface area (Å²) in [7, 11) is 0. The quantitative estimate of drug-likeness (QED) is 0.591. The van der Waals surface area contributed by atoms with Gasteiger partial charge >= 0.3 is 0 Å². The highest BCUT2D eigenvalue weighted by Gasteiger charge is 2.10. The van der Waals surface area contributed by atoms with Crippen molar-refractivity contribution in [2.24, 2.45) is 5.10 Å². The van der Waals surface area contributed by atoms with Crippen LogP contribution in [0.3, 0.4) is 0 Å². The molecular formula is C16H17N5O2. The van der Waals surface area contributed by atoms with Gasteiger partial charge in [0.1, 0.15) is 23.6 Å². The summed E-state index contributed by atoms with van der Waals surface area (Å²) in [5.41, 5.74) is 5.68. The maximum Gasteiger partial charge on any atom is 0.261 e. The van der Waals surface area contributed by atoms with E-state index in [0.29, 0.717) is 5.71 Å². The number of hydrazone groups is 1. The molecule has 7 heteroatoms. The molecule has 1 N–H and O–H groups in total. The normalized spacial score (nSPS) is 11.9. The highest BCUT2D eigenvalue weighted by atomic mass is 16.3. The molecule has 0 saturated carbocycles. The van der Waals surface area contributed by atoms with E-state index in [2.05, 4.69) is 20.8 Å². The Morgan fingerprint density at radius 2 is 2.13 bits per heavy atom. The zero-order valence-corrected chi connectivity index (χ0v) is 13.2. The van der Waals surface area contributed by atoms with E-state index in [1.54, 1.807) is 4.68 Å². The maximum absolute atomic E-state index is 12.0. The Labute approximate surface area is 133 Å². The van der Waals surface area contributed by atoms with Gasteiger partial charge < -0.3 is 4.42 Å². The lowest BCUT2D eigenvalue weighted by Crippen LogP contribution is -2.24. The predicted octanol–water partition coefficient (Wildman–Crippen LogP) is 2.18. The largest absolute Gasteiger partial charge is 0.466 e. The van der Waals surface area contributed by atoms with Crippen LogP contribution in [0.15, 0.2) is 39.9 Å². The van der Waals surface area contributed by atoms with E-state index in [-0.39, 0.29) is 12.5 Å². The summed E-state index contributed by atoms with van der Waals surface area (Å²) in [4.78, 5) is 12.0. The molecule has 0 aliphatic heterocycles. The fourth-order valence-corrected chi connectivity index (χ4v) is 2.40. The number of amides is 1. The SMILES string of the molecule is C/C(=N/NC(=O)Cn1nnc2ccccc21)c1cc(C)oc1C. The van der Waals surface area contributed by atoms with Crippen molar-refractivity contribution in [3.05, 3.63) is 47.4 Å². The third-order valence-electron chi connectivity index (χ3n) is 3.49. The van der Waals surface area contributed by atoms with Crippen LogP contribution in [0.2, 0.25) is 0 Å². The standard InChI is InChI=1S/C16H17N5O2/c1-10-8-13(12(3)23-10)11(2)17-19-16(22)9-21-15-7-5-4-6-14(15)18-20-21/h4-8H,9H2,1-3H3,(H,19,22)/b17-11-. The minimum Gasteiger partial charge on any atom is -0.466 e. The van der Waals surface area contributed by atoms with Crippen LogP contribution in [0.25, 0.3) is 11.0 Å². The number of carbonyl (C=O) groups is 1. The number of furan rings is 1. The zero-order chi connectivity index (χ0) is 16.4. The van der Waals surface area contributed by atoms with Crippen LogP contribution in [0.4, 0.5) is 0 Å². The highest BCUT2D eigenvalue weighted by Crippen LogP contribution is 2.14. The van der Waals surface area contributed by atoms with Crippen LogP contribution >= 0.6 is 0 Å². The van der Waals surface area contributed by atoms with Gasteiger partial charge in [-0.05, 0) is 39.0 Å². The molecule has 0 spiro atoms. The average molecular weight is 311 g/mol. The molecule has 23 heavy (non-hydrogen) atoms. The molecule has 3 rings (SSSR count). The average Bonchev–Trinajstić information content (AvgIpc) is 3.08. The van der Waals surface area contributed by atoms with Crippen molar-refractivity contribution >= 4 is 22.7 Å². The van der Waals surface area contributed by atoms with Gasteiger partial charge in [-0.15, -0.1) is 5.10 Å². The van der Waals surface area contributed by atoms with Gasteiger partial charge in [-0.1, -0.05) is 17.3 Å². The molecule has 0 aliphatic carbocycles. The molecule has 0 radical (unpaired) electrons. The molecule has 0 aliphatic rings. The van der Waals surface area contributed by atoms with Crippen LogP contribution in [-0.2, 0) is 11.3 Å². The molecule has 0 unspecified atom stereocenters. The van der Waals surface area contributed by atoms with Gasteiger partial charge in [0.05, 0.1) is 11.2 Å². The molecule has 7 nitrogen and oxygen atoms in total. The first-order chi connectivity index (χ1) is 11.0. The molecule has 118 valence electrons. The van der Waals surface area contributed by atoms with Crippen LogP contribution in [0, 0.1) is 13.8 Å². The number of hydrogen-bond acceptors (Lipinski definition) is 5. The number of carbonyl (C=O) groups excluding carboxylic acids is 1. The third kappa shape index (κ3) is 3.13. The van der Waals surface area contributed by atoms with Gasteiger partial charge in [0.15, 0.2) is 0 Å². The maximum atomic E-state index is 12.0. The van der Waals surface area contributed by atoms with E-state index in [0.717, 1.165) is 28.1 Å². The lowest BCUT2D eigenvalue weighted by molar-refractivity contribution is -0.121. The van der Waals surface area contributed by atoms with E-state index in [1.807, 2.05) is 51.1 Å².